The van der Waals surface area contributed by atoms with Crippen molar-refractivity contribution in [2.45, 2.75) is 26.5 Å². The number of carbonyl (C=O) groups is 1. The van der Waals surface area contributed by atoms with Crippen molar-refractivity contribution in [3.63, 3.8) is 0 Å². The molecule has 1 heterocycles. The van der Waals surface area contributed by atoms with E-state index in [0.717, 1.165) is 11.1 Å². The predicted molar refractivity (Wildman–Crippen MR) is 101 cm³/mol. The fourth-order valence-electron chi connectivity index (χ4n) is 3.36. The molecule has 0 aliphatic carbocycles. The number of ether oxygens (including phenoxy) is 3. The van der Waals surface area contributed by atoms with Crippen molar-refractivity contribution < 1.29 is 23.8 Å². The van der Waals surface area contributed by atoms with E-state index in [9.17, 15) is 4.79 Å². The average molecular weight is 371 g/mol. The average Bonchev–Trinajstić information content (AvgIpc) is 2.71. The lowest BCUT2D eigenvalue weighted by atomic mass is 9.90. The smallest absolute Gasteiger partial charge is 0.278 e. The Bertz CT molecular complexity index is 816. The summed E-state index contributed by atoms with van der Waals surface area (Å²) in [4.78, 5) is 19.0. The number of carbonyl (C=O) groups excluding carboxylic acids is 1. The molecule has 144 valence electrons. The van der Waals surface area contributed by atoms with Crippen molar-refractivity contribution in [1.82, 2.24) is 5.06 Å². The van der Waals surface area contributed by atoms with Crippen molar-refractivity contribution >= 4 is 5.91 Å². The summed E-state index contributed by atoms with van der Waals surface area (Å²) in [5.41, 5.74) is 2.55. The second-order valence-electron chi connectivity index (χ2n) is 6.73. The zero-order valence-corrected chi connectivity index (χ0v) is 16.3. The number of hydroxylamine groups is 2. The Kier molecular flexibility index (Phi) is 5.56. The van der Waals surface area contributed by atoms with Crippen LogP contribution in [0.4, 0.5) is 0 Å². The van der Waals surface area contributed by atoms with Crippen LogP contribution in [0.15, 0.2) is 36.4 Å². The highest BCUT2D eigenvalue weighted by Gasteiger charge is 2.36. The number of rotatable bonds is 5. The van der Waals surface area contributed by atoms with Crippen LogP contribution in [-0.2, 0) is 11.4 Å². The van der Waals surface area contributed by atoms with Crippen LogP contribution < -0.4 is 14.2 Å². The van der Waals surface area contributed by atoms with Gasteiger partial charge < -0.3 is 14.2 Å². The molecule has 2 aromatic rings. The summed E-state index contributed by atoms with van der Waals surface area (Å²) < 4.78 is 16.0. The molecular formula is C21H25NO5. The van der Waals surface area contributed by atoms with Crippen LogP contribution >= 0.6 is 0 Å². The molecule has 0 bridgehead atoms. The zero-order valence-electron chi connectivity index (χ0n) is 16.3. The molecule has 1 amide bonds. The normalized spacial score (nSPS) is 16.1. The third-order valence-electron chi connectivity index (χ3n) is 4.74. The molecule has 0 spiro atoms. The second-order valence-corrected chi connectivity index (χ2v) is 6.73. The van der Waals surface area contributed by atoms with Gasteiger partial charge in [0, 0.05) is 5.56 Å². The first-order chi connectivity index (χ1) is 13.0. The molecule has 27 heavy (non-hydrogen) atoms. The first-order valence-corrected chi connectivity index (χ1v) is 8.85. The Morgan fingerprint density at radius 1 is 1.04 bits per heavy atom. The van der Waals surface area contributed by atoms with Crippen molar-refractivity contribution in [3.8, 4) is 17.2 Å². The van der Waals surface area contributed by atoms with Crippen LogP contribution in [0.1, 0.15) is 41.4 Å². The topological polar surface area (TPSA) is 57.2 Å². The van der Waals surface area contributed by atoms with Gasteiger partial charge in [-0.2, -0.15) is 0 Å². The van der Waals surface area contributed by atoms with Crippen LogP contribution in [0.25, 0.3) is 0 Å². The van der Waals surface area contributed by atoms with Gasteiger partial charge in [0.1, 0.15) is 12.4 Å². The van der Waals surface area contributed by atoms with Gasteiger partial charge in [-0.1, -0.05) is 13.8 Å². The SMILES string of the molecule is COc1ccc(C(=O)N2OCc3cc(OC)c(OC)cc3C2C(C)C)cc1. The molecule has 3 rings (SSSR count). The van der Waals surface area contributed by atoms with E-state index < -0.39 is 0 Å². The Morgan fingerprint density at radius 2 is 1.67 bits per heavy atom. The molecule has 0 aromatic heterocycles. The fourth-order valence-corrected chi connectivity index (χ4v) is 3.36. The number of benzene rings is 2. The Balaban J connectivity index is 1.99. The molecular weight excluding hydrogens is 346 g/mol. The van der Waals surface area contributed by atoms with Crippen LogP contribution in [-0.4, -0.2) is 32.3 Å². The van der Waals surface area contributed by atoms with E-state index in [1.807, 2.05) is 12.1 Å². The van der Waals surface area contributed by atoms with E-state index in [1.165, 1.54) is 5.06 Å². The van der Waals surface area contributed by atoms with E-state index in [0.29, 0.717) is 29.4 Å². The van der Waals surface area contributed by atoms with E-state index in [-0.39, 0.29) is 17.9 Å². The summed E-state index contributed by atoms with van der Waals surface area (Å²) in [5, 5.41) is 1.47. The number of hydrogen-bond donors (Lipinski definition) is 0. The number of amides is 1. The third-order valence-corrected chi connectivity index (χ3v) is 4.74. The van der Waals surface area contributed by atoms with Crippen LogP contribution in [0.2, 0.25) is 0 Å². The standard InChI is InChI=1S/C21H25NO5/c1-13(2)20-17-11-19(26-5)18(25-4)10-15(17)12-27-22(20)21(23)14-6-8-16(24-3)9-7-14/h6-11,13,20H,12H2,1-5H3. The lowest BCUT2D eigenvalue weighted by Gasteiger charge is -2.38. The fraction of sp³-hybridized carbons (Fsp3) is 0.381. The summed E-state index contributed by atoms with van der Waals surface area (Å²) >= 11 is 0. The van der Waals surface area contributed by atoms with E-state index in [2.05, 4.69) is 13.8 Å². The minimum Gasteiger partial charge on any atom is -0.497 e. The molecule has 1 unspecified atom stereocenters. The number of methoxy groups -OCH3 is 3. The van der Waals surface area contributed by atoms with Crippen LogP contribution in [0.3, 0.4) is 0 Å². The summed E-state index contributed by atoms with van der Waals surface area (Å²) in [6.07, 6.45) is 0. The molecule has 0 fully saturated rings. The third kappa shape index (κ3) is 3.57. The second kappa shape index (κ2) is 7.88. The maximum atomic E-state index is 13.1. The first-order valence-electron chi connectivity index (χ1n) is 8.85. The summed E-state index contributed by atoms with van der Waals surface area (Å²) in [6.45, 7) is 4.42. The molecule has 0 saturated carbocycles. The molecule has 1 aliphatic heterocycles. The summed E-state index contributed by atoms with van der Waals surface area (Å²) in [7, 11) is 4.81. The van der Waals surface area contributed by atoms with Gasteiger partial charge >= 0.3 is 0 Å². The molecule has 6 nitrogen and oxygen atoms in total. The largest absolute Gasteiger partial charge is 0.497 e. The van der Waals surface area contributed by atoms with E-state index >= 15 is 0 Å². The van der Waals surface area contributed by atoms with Gasteiger partial charge in [0.25, 0.3) is 5.91 Å². The quantitative estimate of drug-likeness (QED) is 0.795. The molecule has 1 aliphatic rings. The van der Waals surface area contributed by atoms with Crippen molar-refractivity contribution in [2.75, 3.05) is 21.3 Å². The molecule has 0 radical (unpaired) electrons. The molecule has 1 atom stereocenters. The molecule has 0 saturated heterocycles. The summed E-state index contributed by atoms with van der Waals surface area (Å²) in [6, 6.07) is 10.6. The maximum absolute atomic E-state index is 13.1. The Hall–Kier alpha value is -2.73. The van der Waals surface area contributed by atoms with Crippen LogP contribution in [0.5, 0.6) is 17.2 Å². The number of fused-ring (bicyclic) bond motifs is 1. The molecule has 0 N–H and O–H groups in total. The van der Waals surface area contributed by atoms with E-state index in [4.69, 9.17) is 19.0 Å². The van der Waals surface area contributed by atoms with Gasteiger partial charge in [-0.05, 0) is 53.4 Å². The lowest BCUT2D eigenvalue weighted by molar-refractivity contribution is -0.180. The van der Waals surface area contributed by atoms with Gasteiger partial charge in [0.05, 0.1) is 27.4 Å². The van der Waals surface area contributed by atoms with Crippen molar-refractivity contribution in [3.05, 3.63) is 53.1 Å². The van der Waals surface area contributed by atoms with Crippen molar-refractivity contribution in [2.24, 2.45) is 5.92 Å². The van der Waals surface area contributed by atoms with Crippen molar-refractivity contribution in [1.29, 1.82) is 0 Å². The molecule has 2 aromatic carbocycles. The van der Waals surface area contributed by atoms with Gasteiger partial charge in [-0.15, -0.1) is 0 Å². The van der Waals surface area contributed by atoms with Gasteiger partial charge in [-0.3, -0.25) is 9.63 Å². The highest BCUT2D eigenvalue weighted by molar-refractivity contribution is 5.94. The minimum atomic E-state index is -0.233. The highest BCUT2D eigenvalue weighted by atomic mass is 16.7. The van der Waals surface area contributed by atoms with Crippen LogP contribution in [0, 0.1) is 5.92 Å². The molecule has 6 heteroatoms. The number of hydrogen-bond acceptors (Lipinski definition) is 5. The Labute approximate surface area is 159 Å². The summed E-state index contributed by atoms with van der Waals surface area (Å²) in [5.74, 6) is 1.95. The van der Waals surface area contributed by atoms with Gasteiger partial charge in [-0.25, -0.2) is 5.06 Å². The minimum absolute atomic E-state index is 0.143. The highest BCUT2D eigenvalue weighted by Crippen LogP contribution is 2.42. The lowest BCUT2D eigenvalue weighted by Crippen LogP contribution is -2.40. The van der Waals surface area contributed by atoms with E-state index in [1.54, 1.807) is 45.6 Å². The first kappa shape index (κ1) is 19.0. The number of nitrogens with zero attached hydrogens (tertiary/aromatic N) is 1. The van der Waals surface area contributed by atoms with Gasteiger partial charge in [0.2, 0.25) is 0 Å². The zero-order chi connectivity index (χ0) is 19.6. The monoisotopic (exact) mass is 371 g/mol. The maximum Gasteiger partial charge on any atom is 0.278 e. The Morgan fingerprint density at radius 3 is 2.22 bits per heavy atom. The predicted octanol–water partition coefficient (Wildman–Crippen LogP) is 4.00. The van der Waals surface area contributed by atoms with Gasteiger partial charge in [0.15, 0.2) is 11.5 Å².